The molecule has 1 aromatic rings. The molecule has 0 aromatic heterocycles. The fourth-order valence-electron chi connectivity index (χ4n) is 1.97. The van der Waals surface area contributed by atoms with E-state index in [1.165, 1.54) is 0 Å². The van der Waals surface area contributed by atoms with Crippen molar-refractivity contribution < 1.29 is 19.4 Å². The highest BCUT2D eigenvalue weighted by molar-refractivity contribution is 5.74. The zero-order valence-corrected chi connectivity index (χ0v) is 9.05. The van der Waals surface area contributed by atoms with E-state index in [4.69, 9.17) is 14.6 Å². The Morgan fingerprint density at radius 1 is 1.38 bits per heavy atom. The number of carbonyl (C=O) groups is 1. The van der Waals surface area contributed by atoms with Crippen molar-refractivity contribution in [1.82, 2.24) is 0 Å². The van der Waals surface area contributed by atoms with Crippen LogP contribution in [0.25, 0.3) is 0 Å². The van der Waals surface area contributed by atoms with Gasteiger partial charge in [0.2, 0.25) is 0 Å². The van der Waals surface area contributed by atoms with Gasteiger partial charge in [-0.25, -0.2) is 4.79 Å². The average Bonchev–Trinajstić information content (AvgIpc) is 2.30. The van der Waals surface area contributed by atoms with E-state index in [0.717, 1.165) is 5.56 Å². The molecule has 16 heavy (non-hydrogen) atoms. The largest absolute Gasteiger partial charge is 0.479 e. The van der Waals surface area contributed by atoms with Gasteiger partial charge in [0.25, 0.3) is 0 Å². The zero-order valence-electron chi connectivity index (χ0n) is 9.05. The Morgan fingerprint density at radius 2 is 2.06 bits per heavy atom. The van der Waals surface area contributed by atoms with E-state index in [1.54, 1.807) is 6.92 Å². The first kappa shape index (κ1) is 11.1. The molecule has 86 valence electrons. The molecule has 4 heteroatoms. The topological polar surface area (TPSA) is 55.8 Å². The van der Waals surface area contributed by atoms with E-state index in [9.17, 15) is 4.79 Å². The lowest BCUT2D eigenvalue weighted by Crippen LogP contribution is -2.50. The second kappa shape index (κ2) is 4.23. The number of carboxylic acid groups (broad SMARTS) is 1. The Labute approximate surface area is 93.8 Å². The summed E-state index contributed by atoms with van der Waals surface area (Å²) in [6.07, 6.45) is -0.955. The number of carboxylic acids is 1. The van der Waals surface area contributed by atoms with Gasteiger partial charge in [-0.1, -0.05) is 30.3 Å². The Kier molecular flexibility index (Phi) is 2.94. The van der Waals surface area contributed by atoms with Crippen LogP contribution < -0.4 is 0 Å². The first-order chi connectivity index (χ1) is 7.64. The first-order valence-corrected chi connectivity index (χ1v) is 5.18. The lowest BCUT2D eigenvalue weighted by Gasteiger charge is -2.39. The van der Waals surface area contributed by atoms with Crippen LogP contribution in [0.5, 0.6) is 0 Å². The number of hydrogen-bond donors (Lipinski definition) is 1. The quantitative estimate of drug-likeness (QED) is 0.821. The minimum Gasteiger partial charge on any atom is -0.479 e. The molecule has 1 aliphatic heterocycles. The zero-order chi connectivity index (χ0) is 11.6. The van der Waals surface area contributed by atoms with Crippen molar-refractivity contribution in [2.75, 3.05) is 13.2 Å². The van der Waals surface area contributed by atoms with Gasteiger partial charge in [-0.3, -0.25) is 0 Å². The normalized spacial score (nSPS) is 29.9. The lowest BCUT2D eigenvalue weighted by atomic mass is 9.89. The highest BCUT2D eigenvalue weighted by Crippen LogP contribution is 2.33. The highest BCUT2D eigenvalue weighted by Gasteiger charge is 2.45. The summed E-state index contributed by atoms with van der Waals surface area (Å²) in [6, 6.07) is 9.30. The molecule has 2 atom stereocenters. The fraction of sp³-hybridized carbons (Fsp3) is 0.417. The minimum atomic E-state index is -0.994. The molecule has 0 radical (unpaired) electrons. The SMILES string of the molecule is CC1(c2ccccc2)OCCOC1C(=O)O. The smallest absolute Gasteiger partial charge is 0.336 e. The van der Waals surface area contributed by atoms with Crippen molar-refractivity contribution in [2.24, 2.45) is 0 Å². The van der Waals surface area contributed by atoms with Gasteiger partial charge in [0.05, 0.1) is 13.2 Å². The van der Waals surface area contributed by atoms with Crippen LogP contribution in [-0.4, -0.2) is 30.4 Å². The van der Waals surface area contributed by atoms with Crippen LogP contribution in [0.1, 0.15) is 12.5 Å². The Hall–Kier alpha value is -1.39. The lowest BCUT2D eigenvalue weighted by molar-refractivity contribution is -0.213. The molecular weight excluding hydrogens is 208 g/mol. The Bertz CT molecular complexity index is 376. The predicted molar refractivity (Wildman–Crippen MR) is 57.1 cm³/mol. The average molecular weight is 222 g/mol. The van der Waals surface area contributed by atoms with Crippen molar-refractivity contribution in [3.8, 4) is 0 Å². The summed E-state index contributed by atoms with van der Waals surface area (Å²) in [7, 11) is 0. The number of hydrogen-bond acceptors (Lipinski definition) is 3. The van der Waals surface area contributed by atoms with E-state index in [-0.39, 0.29) is 0 Å². The summed E-state index contributed by atoms with van der Waals surface area (Å²) in [6.45, 7) is 2.48. The summed E-state index contributed by atoms with van der Waals surface area (Å²) in [5.41, 5.74) is -0.0900. The Balaban J connectivity index is 2.37. The maximum atomic E-state index is 11.1. The summed E-state index contributed by atoms with van der Waals surface area (Å²) in [5.74, 6) is -0.994. The monoisotopic (exact) mass is 222 g/mol. The van der Waals surface area contributed by atoms with E-state index in [1.807, 2.05) is 30.3 Å². The molecule has 0 bridgehead atoms. The third-order valence-corrected chi connectivity index (χ3v) is 2.84. The van der Waals surface area contributed by atoms with Crippen LogP contribution in [0.15, 0.2) is 30.3 Å². The second-order valence-corrected chi connectivity index (χ2v) is 3.91. The molecule has 4 nitrogen and oxygen atoms in total. The number of benzene rings is 1. The van der Waals surface area contributed by atoms with E-state index >= 15 is 0 Å². The molecule has 1 aromatic carbocycles. The molecule has 1 fully saturated rings. The fourth-order valence-corrected chi connectivity index (χ4v) is 1.97. The van der Waals surface area contributed by atoms with Crippen molar-refractivity contribution in [3.63, 3.8) is 0 Å². The van der Waals surface area contributed by atoms with Gasteiger partial charge in [0.1, 0.15) is 5.60 Å². The molecule has 0 amide bonds. The van der Waals surface area contributed by atoms with Crippen molar-refractivity contribution in [3.05, 3.63) is 35.9 Å². The number of rotatable bonds is 2. The van der Waals surface area contributed by atoms with Crippen LogP contribution >= 0.6 is 0 Å². The molecule has 0 saturated carbocycles. The molecule has 1 heterocycles. The first-order valence-electron chi connectivity index (χ1n) is 5.18. The van der Waals surface area contributed by atoms with Crippen molar-refractivity contribution >= 4 is 5.97 Å². The molecule has 0 spiro atoms. The van der Waals surface area contributed by atoms with Gasteiger partial charge in [0, 0.05) is 0 Å². The van der Waals surface area contributed by atoms with Gasteiger partial charge in [0.15, 0.2) is 6.10 Å². The van der Waals surface area contributed by atoms with E-state index in [0.29, 0.717) is 13.2 Å². The van der Waals surface area contributed by atoms with Crippen LogP contribution in [0.3, 0.4) is 0 Å². The van der Waals surface area contributed by atoms with Crippen molar-refractivity contribution in [2.45, 2.75) is 18.6 Å². The second-order valence-electron chi connectivity index (χ2n) is 3.91. The molecule has 0 aliphatic carbocycles. The summed E-state index contributed by atoms with van der Waals surface area (Å²) in [5, 5.41) is 9.13. The van der Waals surface area contributed by atoms with Gasteiger partial charge < -0.3 is 14.6 Å². The van der Waals surface area contributed by atoms with Gasteiger partial charge >= 0.3 is 5.97 Å². The van der Waals surface area contributed by atoms with Crippen LogP contribution in [0.2, 0.25) is 0 Å². The predicted octanol–water partition coefficient (Wildman–Crippen LogP) is 1.40. The molecule has 2 rings (SSSR count). The molecule has 1 N–H and O–H groups in total. The maximum absolute atomic E-state index is 11.1. The van der Waals surface area contributed by atoms with Gasteiger partial charge in [-0.2, -0.15) is 0 Å². The molecular formula is C12H14O4. The number of aliphatic carboxylic acids is 1. The molecule has 1 saturated heterocycles. The Morgan fingerprint density at radius 3 is 2.69 bits per heavy atom. The summed E-state index contributed by atoms with van der Waals surface area (Å²) in [4.78, 5) is 11.1. The third-order valence-electron chi connectivity index (χ3n) is 2.84. The van der Waals surface area contributed by atoms with E-state index < -0.39 is 17.7 Å². The van der Waals surface area contributed by atoms with E-state index in [2.05, 4.69) is 0 Å². The van der Waals surface area contributed by atoms with Gasteiger partial charge in [-0.05, 0) is 12.5 Å². The summed E-state index contributed by atoms with van der Waals surface area (Å²) >= 11 is 0. The van der Waals surface area contributed by atoms with Crippen LogP contribution in [0, 0.1) is 0 Å². The number of ether oxygens (including phenoxy) is 2. The van der Waals surface area contributed by atoms with Crippen molar-refractivity contribution in [1.29, 1.82) is 0 Å². The minimum absolute atomic E-state index is 0.319. The van der Waals surface area contributed by atoms with Crippen LogP contribution in [-0.2, 0) is 19.9 Å². The summed E-state index contributed by atoms with van der Waals surface area (Å²) < 4.78 is 10.9. The highest BCUT2D eigenvalue weighted by atomic mass is 16.6. The molecule has 2 unspecified atom stereocenters. The third kappa shape index (κ3) is 1.81. The standard InChI is InChI=1S/C12H14O4/c1-12(9-5-3-2-4-6-9)10(11(13)14)15-7-8-16-12/h2-6,10H,7-8H2,1H3,(H,13,14). The molecule has 1 aliphatic rings. The maximum Gasteiger partial charge on any atom is 0.336 e. The van der Waals surface area contributed by atoms with Crippen LogP contribution in [0.4, 0.5) is 0 Å². The van der Waals surface area contributed by atoms with Gasteiger partial charge in [-0.15, -0.1) is 0 Å².